The third kappa shape index (κ3) is 2.42. The molecular weight excluding hydrogens is 246 g/mol. The monoisotopic (exact) mass is 258 g/mol. The van der Waals surface area contributed by atoms with E-state index in [1.165, 1.54) is 0 Å². The van der Waals surface area contributed by atoms with Crippen molar-refractivity contribution in [1.82, 2.24) is 0 Å². The largest absolute Gasteiger partial charge is 0.359 e. The second kappa shape index (κ2) is 4.94. The third-order valence-electron chi connectivity index (χ3n) is 3.19. The van der Waals surface area contributed by atoms with E-state index in [1.807, 2.05) is 30.3 Å². The van der Waals surface area contributed by atoms with E-state index in [0.29, 0.717) is 5.56 Å². The number of halogens is 2. The average Bonchev–Trinajstić information content (AvgIpc) is 3.21. The predicted molar refractivity (Wildman–Crippen MR) is 69.6 cm³/mol. The van der Waals surface area contributed by atoms with Crippen LogP contribution in [-0.4, -0.2) is 6.10 Å². The minimum absolute atomic E-state index is 0.00514. The molecule has 3 rings (SSSR count). The van der Waals surface area contributed by atoms with Crippen LogP contribution in [0, 0.1) is 0 Å². The van der Waals surface area contributed by atoms with Crippen molar-refractivity contribution in [3.05, 3.63) is 77.9 Å². The van der Waals surface area contributed by atoms with Crippen LogP contribution >= 0.6 is 0 Å². The van der Waals surface area contributed by atoms with Crippen molar-refractivity contribution < 1.29 is 13.5 Å². The summed E-state index contributed by atoms with van der Waals surface area (Å²) in [4.78, 5) is 0. The number of epoxide rings is 1. The SMILES string of the molecule is FC(F)=C(c1ccccc1)[C@H]1O[C@H]1c1ccccc1. The summed E-state index contributed by atoms with van der Waals surface area (Å²) in [6, 6.07) is 18.1. The lowest BCUT2D eigenvalue weighted by atomic mass is 9.99. The molecule has 1 aliphatic rings. The highest BCUT2D eigenvalue weighted by Crippen LogP contribution is 2.47. The molecule has 1 fully saturated rings. The van der Waals surface area contributed by atoms with Gasteiger partial charge in [0, 0.05) is 0 Å². The summed E-state index contributed by atoms with van der Waals surface area (Å²) < 4.78 is 31.8. The van der Waals surface area contributed by atoms with Crippen molar-refractivity contribution in [3.8, 4) is 0 Å². The first-order valence-electron chi connectivity index (χ1n) is 6.08. The quantitative estimate of drug-likeness (QED) is 0.742. The highest BCUT2D eigenvalue weighted by Gasteiger charge is 2.45. The van der Waals surface area contributed by atoms with Gasteiger partial charge in [0.15, 0.2) is 0 Å². The summed E-state index contributed by atoms with van der Waals surface area (Å²) in [5, 5.41) is 0. The van der Waals surface area contributed by atoms with E-state index in [4.69, 9.17) is 4.74 Å². The first-order chi connectivity index (χ1) is 9.27. The Hall–Kier alpha value is -2.00. The molecule has 2 atom stereocenters. The molecule has 0 N–H and O–H groups in total. The van der Waals surface area contributed by atoms with Gasteiger partial charge < -0.3 is 4.74 Å². The maximum absolute atomic E-state index is 13.2. The molecule has 0 spiro atoms. The molecule has 0 aliphatic carbocycles. The van der Waals surface area contributed by atoms with Gasteiger partial charge in [-0.2, -0.15) is 8.78 Å². The molecule has 0 bridgehead atoms. The van der Waals surface area contributed by atoms with Crippen LogP contribution < -0.4 is 0 Å². The molecule has 1 heterocycles. The number of hydrogen-bond donors (Lipinski definition) is 0. The van der Waals surface area contributed by atoms with Crippen LogP contribution in [-0.2, 0) is 4.74 Å². The van der Waals surface area contributed by atoms with E-state index in [-0.39, 0.29) is 11.7 Å². The van der Waals surface area contributed by atoms with Gasteiger partial charge in [-0.3, -0.25) is 0 Å². The first kappa shape index (κ1) is 12.1. The molecule has 0 unspecified atom stereocenters. The summed E-state index contributed by atoms with van der Waals surface area (Å²) >= 11 is 0. The van der Waals surface area contributed by atoms with Crippen molar-refractivity contribution in [2.45, 2.75) is 12.2 Å². The Kier molecular flexibility index (Phi) is 3.13. The van der Waals surface area contributed by atoms with Gasteiger partial charge in [0.25, 0.3) is 6.08 Å². The minimum Gasteiger partial charge on any atom is -0.359 e. The lowest BCUT2D eigenvalue weighted by molar-refractivity contribution is 0.385. The van der Waals surface area contributed by atoms with Crippen molar-refractivity contribution >= 4 is 5.57 Å². The van der Waals surface area contributed by atoms with Crippen molar-refractivity contribution in [1.29, 1.82) is 0 Å². The zero-order chi connectivity index (χ0) is 13.2. The molecule has 2 aromatic rings. The Balaban J connectivity index is 1.88. The predicted octanol–water partition coefficient (Wildman–Crippen LogP) is 4.43. The van der Waals surface area contributed by atoms with Gasteiger partial charge >= 0.3 is 0 Å². The van der Waals surface area contributed by atoms with Crippen molar-refractivity contribution in [3.63, 3.8) is 0 Å². The Labute approximate surface area is 110 Å². The van der Waals surface area contributed by atoms with Crippen LogP contribution in [0.15, 0.2) is 66.7 Å². The van der Waals surface area contributed by atoms with Gasteiger partial charge in [0.05, 0.1) is 5.57 Å². The lowest BCUT2D eigenvalue weighted by Crippen LogP contribution is -1.96. The molecular formula is C16H12F2O. The van der Waals surface area contributed by atoms with Crippen LogP contribution in [0.1, 0.15) is 17.2 Å². The molecule has 0 amide bonds. The average molecular weight is 258 g/mol. The van der Waals surface area contributed by atoms with E-state index < -0.39 is 12.2 Å². The van der Waals surface area contributed by atoms with Gasteiger partial charge in [-0.15, -0.1) is 0 Å². The van der Waals surface area contributed by atoms with E-state index in [1.54, 1.807) is 30.3 Å². The molecule has 0 radical (unpaired) electrons. The fourth-order valence-electron chi connectivity index (χ4n) is 2.23. The van der Waals surface area contributed by atoms with Gasteiger partial charge in [0.1, 0.15) is 12.2 Å². The van der Waals surface area contributed by atoms with E-state index >= 15 is 0 Å². The van der Waals surface area contributed by atoms with Gasteiger partial charge in [-0.1, -0.05) is 60.7 Å². The summed E-state index contributed by atoms with van der Waals surface area (Å²) in [5.41, 5.74) is 1.45. The number of rotatable bonds is 3. The zero-order valence-corrected chi connectivity index (χ0v) is 10.1. The second-order valence-corrected chi connectivity index (χ2v) is 4.43. The Morgan fingerprint density at radius 1 is 0.842 bits per heavy atom. The lowest BCUT2D eigenvalue weighted by Gasteiger charge is -2.03. The fourth-order valence-corrected chi connectivity index (χ4v) is 2.23. The number of ether oxygens (including phenoxy) is 1. The fraction of sp³-hybridized carbons (Fsp3) is 0.125. The van der Waals surface area contributed by atoms with Crippen LogP contribution in [0.3, 0.4) is 0 Å². The Morgan fingerprint density at radius 2 is 1.42 bits per heavy atom. The van der Waals surface area contributed by atoms with E-state index in [2.05, 4.69) is 0 Å². The normalized spacial score (nSPS) is 20.9. The van der Waals surface area contributed by atoms with Crippen LogP contribution in [0.4, 0.5) is 8.78 Å². The highest BCUT2D eigenvalue weighted by molar-refractivity contribution is 5.72. The van der Waals surface area contributed by atoms with Crippen molar-refractivity contribution in [2.24, 2.45) is 0 Å². The van der Waals surface area contributed by atoms with E-state index in [9.17, 15) is 8.78 Å². The zero-order valence-electron chi connectivity index (χ0n) is 10.1. The maximum Gasteiger partial charge on any atom is 0.276 e. The Morgan fingerprint density at radius 3 is 2.00 bits per heavy atom. The van der Waals surface area contributed by atoms with Crippen molar-refractivity contribution in [2.75, 3.05) is 0 Å². The summed E-state index contributed by atoms with van der Waals surface area (Å²) in [5.74, 6) is 0. The second-order valence-electron chi connectivity index (χ2n) is 4.43. The molecule has 96 valence electrons. The summed E-state index contributed by atoms with van der Waals surface area (Å²) in [7, 11) is 0. The molecule has 0 aromatic heterocycles. The smallest absolute Gasteiger partial charge is 0.276 e. The summed E-state index contributed by atoms with van der Waals surface area (Å²) in [6.07, 6.45) is -2.48. The third-order valence-corrected chi connectivity index (χ3v) is 3.19. The van der Waals surface area contributed by atoms with Crippen LogP contribution in [0.5, 0.6) is 0 Å². The van der Waals surface area contributed by atoms with Crippen LogP contribution in [0.2, 0.25) is 0 Å². The highest BCUT2D eigenvalue weighted by atomic mass is 19.3. The topological polar surface area (TPSA) is 12.5 Å². The molecule has 19 heavy (non-hydrogen) atoms. The Bertz CT molecular complexity index is 589. The summed E-state index contributed by atoms with van der Waals surface area (Å²) in [6.45, 7) is 0. The van der Waals surface area contributed by atoms with Gasteiger partial charge in [-0.25, -0.2) is 0 Å². The van der Waals surface area contributed by atoms with Gasteiger partial charge in [-0.05, 0) is 11.1 Å². The molecule has 2 aromatic carbocycles. The molecule has 0 saturated carbocycles. The van der Waals surface area contributed by atoms with Crippen LogP contribution in [0.25, 0.3) is 5.57 Å². The standard InChI is InChI=1S/C16H12F2O/c17-16(18)13(11-7-3-1-4-8-11)15-14(19-15)12-9-5-2-6-10-12/h1-10,14-15H/t14-,15+/m0/s1. The molecule has 1 aliphatic heterocycles. The first-order valence-corrected chi connectivity index (χ1v) is 6.08. The molecule has 1 saturated heterocycles. The van der Waals surface area contributed by atoms with Gasteiger partial charge in [0.2, 0.25) is 0 Å². The number of hydrogen-bond acceptors (Lipinski definition) is 1. The number of benzene rings is 2. The molecule has 1 nitrogen and oxygen atoms in total. The minimum atomic E-state index is -1.67. The van der Waals surface area contributed by atoms with E-state index in [0.717, 1.165) is 5.56 Å². The maximum atomic E-state index is 13.2. The molecule has 3 heteroatoms.